The molecular formula is C21H37N5O3S. The highest BCUT2D eigenvalue weighted by Gasteiger charge is 2.46. The van der Waals surface area contributed by atoms with Crippen molar-refractivity contribution in [2.75, 3.05) is 33.8 Å². The fourth-order valence-corrected chi connectivity index (χ4v) is 7.33. The monoisotopic (exact) mass is 439 g/mol. The van der Waals surface area contributed by atoms with E-state index in [4.69, 9.17) is 4.74 Å². The van der Waals surface area contributed by atoms with Gasteiger partial charge in [-0.2, -0.15) is 0 Å². The predicted octanol–water partition coefficient (Wildman–Crippen LogP) is 0.934. The first-order valence-corrected chi connectivity index (χ1v) is 12.4. The van der Waals surface area contributed by atoms with Crippen LogP contribution in [0.4, 0.5) is 4.79 Å². The Morgan fingerprint density at radius 3 is 2.70 bits per heavy atom. The molecule has 0 aromatic rings. The number of rotatable bonds is 4. The first-order chi connectivity index (χ1) is 14.5. The topological polar surface area (TPSA) is 94.7 Å². The lowest BCUT2D eigenvalue weighted by atomic mass is 9.68. The molecule has 4 N–H and O–H groups in total. The zero-order chi connectivity index (χ0) is 21.3. The van der Waals surface area contributed by atoms with Crippen LogP contribution in [0.1, 0.15) is 39.0 Å². The molecule has 3 aliphatic heterocycles. The van der Waals surface area contributed by atoms with E-state index < -0.39 is 0 Å². The zero-order valence-electron chi connectivity index (χ0n) is 18.4. The summed E-state index contributed by atoms with van der Waals surface area (Å²) in [4.78, 5) is 27.0. The summed E-state index contributed by atoms with van der Waals surface area (Å²) in [5, 5.41) is 13.3. The maximum Gasteiger partial charge on any atom is 0.317 e. The molecule has 1 aliphatic carbocycles. The van der Waals surface area contributed by atoms with Gasteiger partial charge in [-0.15, -0.1) is 11.8 Å². The minimum absolute atomic E-state index is 0.0211. The van der Waals surface area contributed by atoms with Gasteiger partial charge in [0, 0.05) is 51.1 Å². The van der Waals surface area contributed by atoms with Crippen LogP contribution < -0.4 is 21.3 Å². The van der Waals surface area contributed by atoms with E-state index in [0.29, 0.717) is 29.7 Å². The Morgan fingerprint density at radius 2 is 1.97 bits per heavy atom. The molecule has 0 bridgehead atoms. The lowest BCUT2D eigenvalue weighted by molar-refractivity contribution is -0.130. The predicted molar refractivity (Wildman–Crippen MR) is 118 cm³/mol. The normalized spacial score (nSPS) is 41.4. The van der Waals surface area contributed by atoms with E-state index in [1.165, 1.54) is 12.8 Å². The Hall–Kier alpha value is -1.03. The van der Waals surface area contributed by atoms with Gasteiger partial charge in [0.25, 0.3) is 0 Å². The van der Waals surface area contributed by atoms with Crippen molar-refractivity contribution in [3.63, 3.8) is 0 Å². The van der Waals surface area contributed by atoms with Gasteiger partial charge in [0.1, 0.15) is 5.50 Å². The van der Waals surface area contributed by atoms with E-state index in [0.717, 1.165) is 32.4 Å². The smallest absolute Gasteiger partial charge is 0.317 e. The number of ether oxygens (including phenoxy) is 1. The van der Waals surface area contributed by atoms with Gasteiger partial charge in [0.2, 0.25) is 5.91 Å². The van der Waals surface area contributed by atoms with Crippen molar-refractivity contribution in [2.24, 2.45) is 17.8 Å². The van der Waals surface area contributed by atoms with Crippen molar-refractivity contribution in [2.45, 2.75) is 68.0 Å². The zero-order valence-corrected chi connectivity index (χ0v) is 19.2. The average Bonchev–Trinajstić information content (AvgIpc) is 3.31. The summed E-state index contributed by atoms with van der Waals surface area (Å²) in [7, 11) is 3.48. The number of likely N-dealkylation sites (tertiary alicyclic amines) is 1. The number of nitrogens with zero attached hydrogens (tertiary/aromatic N) is 1. The van der Waals surface area contributed by atoms with E-state index in [1.807, 2.05) is 12.0 Å². The number of thioether (sulfide) groups is 1. The lowest BCUT2D eigenvalue weighted by Gasteiger charge is -2.44. The van der Waals surface area contributed by atoms with Gasteiger partial charge >= 0.3 is 6.03 Å². The summed E-state index contributed by atoms with van der Waals surface area (Å²) in [6.07, 6.45) is 6.04. The molecule has 8 unspecified atom stereocenters. The molecule has 0 aromatic heterocycles. The number of piperidine rings is 1. The third kappa shape index (κ3) is 4.59. The largest absolute Gasteiger partial charge is 0.381 e. The third-order valence-corrected chi connectivity index (χ3v) is 8.84. The van der Waals surface area contributed by atoms with Crippen LogP contribution in [-0.2, 0) is 9.53 Å². The average molecular weight is 440 g/mol. The number of hydrogen-bond acceptors (Lipinski definition) is 6. The van der Waals surface area contributed by atoms with Gasteiger partial charge in [-0.05, 0) is 38.0 Å². The molecule has 3 saturated heterocycles. The highest BCUT2D eigenvalue weighted by Crippen LogP contribution is 2.40. The number of amides is 3. The molecule has 30 heavy (non-hydrogen) atoms. The van der Waals surface area contributed by atoms with Gasteiger partial charge in [0.05, 0.1) is 12.0 Å². The van der Waals surface area contributed by atoms with E-state index >= 15 is 0 Å². The van der Waals surface area contributed by atoms with E-state index in [9.17, 15) is 9.59 Å². The van der Waals surface area contributed by atoms with Crippen LogP contribution in [0.5, 0.6) is 0 Å². The summed E-state index contributed by atoms with van der Waals surface area (Å²) in [5.74, 6) is 0.954. The van der Waals surface area contributed by atoms with Gasteiger partial charge in [-0.25, -0.2) is 4.79 Å². The lowest BCUT2D eigenvalue weighted by Crippen LogP contribution is -2.55. The summed E-state index contributed by atoms with van der Waals surface area (Å²) in [5.41, 5.74) is -0.0797. The van der Waals surface area contributed by atoms with E-state index in [2.05, 4.69) is 28.2 Å². The molecule has 0 radical (unpaired) electrons. The molecule has 170 valence electrons. The molecule has 3 amide bonds. The van der Waals surface area contributed by atoms with Crippen LogP contribution in [-0.4, -0.2) is 79.6 Å². The maximum atomic E-state index is 13.3. The Balaban J connectivity index is 1.36. The van der Waals surface area contributed by atoms with Gasteiger partial charge in [0.15, 0.2) is 0 Å². The Bertz CT molecular complexity index is 624. The third-order valence-electron chi connectivity index (χ3n) is 7.49. The molecule has 4 fully saturated rings. The second kappa shape index (κ2) is 9.63. The van der Waals surface area contributed by atoms with Crippen LogP contribution in [0.3, 0.4) is 0 Å². The quantitative estimate of drug-likeness (QED) is 0.521. The first-order valence-electron chi connectivity index (χ1n) is 11.4. The number of hydrogen-bond donors (Lipinski definition) is 4. The van der Waals surface area contributed by atoms with E-state index in [1.54, 1.807) is 18.8 Å². The fourth-order valence-electron chi connectivity index (χ4n) is 5.92. The van der Waals surface area contributed by atoms with Crippen LogP contribution in [0.2, 0.25) is 0 Å². The second-order valence-electron chi connectivity index (χ2n) is 9.33. The molecule has 8 atom stereocenters. The fraction of sp³-hybridized carbons (Fsp3) is 0.905. The maximum absolute atomic E-state index is 13.3. The molecule has 0 aromatic carbocycles. The molecule has 4 rings (SSSR count). The summed E-state index contributed by atoms with van der Waals surface area (Å²) >= 11 is 1.74. The minimum atomic E-state index is -0.0797. The standard InChI is InChI=1S/C21H37N5O3S/c1-12-8-14(13-6-4-5-7-17(13)29-3)15(9-23-12)19(27)25-20-24-16-10-26(21(28)22-2)11-18(16)30-20/h12-18,20,23-24H,4-11H2,1-3H3,(H,22,28)(H,25,27). The number of urea groups is 1. The van der Waals surface area contributed by atoms with Gasteiger partial charge < -0.3 is 25.6 Å². The Kier molecular flexibility index (Phi) is 7.12. The Labute approximate surface area is 184 Å². The van der Waals surface area contributed by atoms with Crippen molar-refractivity contribution in [3.05, 3.63) is 0 Å². The highest BCUT2D eigenvalue weighted by molar-refractivity contribution is 8.00. The second-order valence-corrected chi connectivity index (χ2v) is 10.7. The van der Waals surface area contributed by atoms with Crippen LogP contribution in [0, 0.1) is 17.8 Å². The van der Waals surface area contributed by atoms with Crippen LogP contribution in [0.25, 0.3) is 0 Å². The molecule has 4 aliphatic rings. The van der Waals surface area contributed by atoms with Gasteiger partial charge in [-0.3, -0.25) is 10.1 Å². The van der Waals surface area contributed by atoms with Crippen molar-refractivity contribution in [1.82, 2.24) is 26.2 Å². The number of carbonyl (C=O) groups is 2. The number of methoxy groups -OCH3 is 1. The summed E-state index contributed by atoms with van der Waals surface area (Å²) in [6, 6.07) is 0.638. The SMILES string of the molecule is CNC(=O)N1CC2NC(NC(=O)C3CNC(C)CC3C3CCCCC3OC)SC2C1. The summed E-state index contributed by atoms with van der Waals surface area (Å²) in [6.45, 7) is 4.36. The molecule has 0 spiro atoms. The molecule has 8 nitrogen and oxygen atoms in total. The highest BCUT2D eigenvalue weighted by atomic mass is 32.2. The van der Waals surface area contributed by atoms with Crippen molar-refractivity contribution in [1.29, 1.82) is 0 Å². The Morgan fingerprint density at radius 1 is 1.17 bits per heavy atom. The minimum Gasteiger partial charge on any atom is -0.381 e. The van der Waals surface area contributed by atoms with Crippen molar-refractivity contribution in [3.8, 4) is 0 Å². The number of carbonyl (C=O) groups excluding carboxylic acids is 2. The molecule has 1 saturated carbocycles. The molecule has 3 heterocycles. The van der Waals surface area contributed by atoms with E-state index in [-0.39, 0.29) is 35.5 Å². The van der Waals surface area contributed by atoms with Gasteiger partial charge in [-0.1, -0.05) is 12.8 Å². The molecular weight excluding hydrogens is 402 g/mol. The van der Waals surface area contributed by atoms with Crippen molar-refractivity contribution < 1.29 is 14.3 Å². The first kappa shape index (κ1) is 22.2. The van der Waals surface area contributed by atoms with Crippen molar-refractivity contribution >= 4 is 23.7 Å². The van der Waals surface area contributed by atoms with Crippen LogP contribution >= 0.6 is 11.8 Å². The van der Waals surface area contributed by atoms with Crippen LogP contribution in [0.15, 0.2) is 0 Å². The summed E-state index contributed by atoms with van der Waals surface area (Å²) < 4.78 is 5.84. The molecule has 9 heteroatoms. The number of nitrogens with one attached hydrogen (secondary N) is 4. The number of fused-ring (bicyclic) bond motifs is 1.